The summed E-state index contributed by atoms with van der Waals surface area (Å²) in [6, 6.07) is 1.78. The predicted molar refractivity (Wildman–Crippen MR) is 78.3 cm³/mol. The van der Waals surface area contributed by atoms with Gasteiger partial charge in [-0.15, -0.1) is 0 Å². The number of rotatable bonds is 3. The van der Waals surface area contributed by atoms with Crippen molar-refractivity contribution in [2.24, 2.45) is 5.41 Å². The number of hydrogen-bond acceptors (Lipinski definition) is 4. The molecule has 0 N–H and O–H groups in total. The molecule has 4 nitrogen and oxygen atoms in total. The highest BCUT2D eigenvalue weighted by molar-refractivity contribution is 6.29. The molecule has 1 saturated carbocycles. The van der Waals surface area contributed by atoms with Gasteiger partial charge in [0.2, 0.25) is 0 Å². The molecule has 1 aromatic rings. The van der Waals surface area contributed by atoms with E-state index in [2.05, 4.69) is 9.88 Å². The van der Waals surface area contributed by atoms with Gasteiger partial charge in [0.1, 0.15) is 10.7 Å². The van der Waals surface area contributed by atoms with Gasteiger partial charge >= 0.3 is 5.97 Å². The number of nitrogens with zero attached hydrogens (tertiary/aromatic N) is 2. The molecular formula is C15H19ClN2O2. The van der Waals surface area contributed by atoms with Gasteiger partial charge in [-0.2, -0.15) is 0 Å². The second-order valence-corrected chi connectivity index (χ2v) is 6.12. The standard InChI is InChI=1S/C15H19ClN2O2/c1-2-20-14(19)11-10-17-13(16)9-12(11)18-7-5-15(3-4-15)6-8-18/h9-10H,2-8H2,1H3. The number of hydrogen-bond donors (Lipinski definition) is 0. The summed E-state index contributed by atoms with van der Waals surface area (Å²) in [5.74, 6) is -0.321. The zero-order valence-corrected chi connectivity index (χ0v) is 12.4. The molecule has 0 unspecified atom stereocenters. The zero-order valence-electron chi connectivity index (χ0n) is 11.7. The molecule has 0 radical (unpaired) electrons. The van der Waals surface area contributed by atoms with Gasteiger partial charge in [-0.3, -0.25) is 0 Å². The monoisotopic (exact) mass is 294 g/mol. The Bertz CT molecular complexity index is 519. The van der Waals surface area contributed by atoms with Crippen molar-refractivity contribution in [2.45, 2.75) is 32.6 Å². The molecule has 20 heavy (non-hydrogen) atoms. The number of anilines is 1. The molecule has 2 heterocycles. The Kier molecular flexibility index (Phi) is 3.59. The second kappa shape index (κ2) is 5.24. The van der Waals surface area contributed by atoms with Crippen LogP contribution >= 0.6 is 11.6 Å². The molecule has 1 aliphatic heterocycles. The first-order valence-electron chi connectivity index (χ1n) is 7.21. The molecule has 0 amide bonds. The van der Waals surface area contributed by atoms with Gasteiger partial charge in [0.05, 0.1) is 12.3 Å². The molecule has 1 aliphatic carbocycles. The van der Waals surface area contributed by atoms with Crippen LogP contribution in [0.1, 0.15) is 43.0 Å². The van der Waals surface area contributed by atoms with E-state index in [1.807, 2.05) is 0 Å². The van der Waals surface area contributed by atoms with Crippen LogP contribution in [-0.4, -0.2) is 30.6 Å². The minimum Gasteiger partial charge on any atom is -0.462 e. The highest BCUT2D eigenvalue weighted by Crippen LogP contribution is 2.54. The largest absolute Gasteiger partial charge is 0.462 e. The molecule has 2 aliphatic rings. The fraction of sp³-hybridized carbons (Fsp3) is 0.600. The molecule has 0 bridgehead atoms. The van der Waals surface area contributed by atoms with Crippen LogP contribution in [0.15, 0.2) is 12.3 Å². The first kappa shape index (κ1) is 13.7. The van der Waals surface area contributed by atoms with E-state index in [0.717, 1.165) is 18.8 Å². The zero-order chi connectivity index (χ0) is 14.2. The van der Waals surface area contributed by atoms with Crippen LogP contribution in [0.2, 0.25) is 5.15 Å². The fourth-order valence-corrected chi connectivity index (χ4v) is 3.10. The summed E-state index contributed by atoms with van der Waals surface area (Å²) in [4.78, 5) is 18.3. The maximum Gasteiger partial charge on any atom is 0.341 e. The maximum absolute atomic E-state index is 12.0. The molecule has 2 fully saturated rings. The minimum atomic E-state index is -0.321. The Morgan fingerprint density at radius 2 is 2.10 bits per heavy atom. The number of carbonyl (C=O) groups excluding carboxylic acids is 1. The van der Waals surface area contributed by atoms with Crippen LogP contribution in [0.4, 0.5) is 5.69 Å². The van der Waals surface area contributed by atoms with Crippen molar-refractivity contribution in [3.8, 4) is 0 Å². The van der Waals surface area contributed by atoms with Gasteiger partial charge in [0.25, 0.3) is 0 Å². The molecular weight excluding hydrogens is 276 g/mol. The molecule has 5 heteroatoms. The number of halogens is 1. The van der Waals surface area contributed by atoms with Crippen molar-refractivity contribution < 1.29 is 9.53 Å². The maximum atomic E-state index is 12.0. The Hall–Kier alpha value is -1.29. The van der Waals surface area contributed by atoms with E-state index >= 15 is 0 Å². The Labute approximate surface area is 124 Å². The van der Waals surface area contributed by atoms with Gasteiger partial charge in [-0.25, -0.2) is 9.78 Å². The van der Waals surface area contributed by atoms with Crippen LogP contribution < -0.4 is 4.90 Å². The lowest BCUT2D eigenvalue weighted by Gasteiger charge is -2.34. The quantitative estimate of drug-likeness (QED) is 0.634. The summed E-state index contributed by atoms with van der Waals surface area (Å²) in [6.45, 7) is 4.13. The van der Waals surface area contributed by atoms with Gasteiger partial charge in [0.15, 0.2) is 0 Å². The molecule has 1 spiro atoms. The second-order valence-electron chi connectivity index (χ2n) is 5.73. The van der Waals surface area contributed by atoms with Crippen LogP contribution in [0.5, 0.6) is 0 Å². The number of ether oxygens (including phenoxy) is 1. The van der Waals surface area contributed by atoms with Crippen LogP contribution in [0, 0.1) is 5.41 Å². The summed E-state index contributed by atoms with van der Waals surface area (Å²) in [7, 11) is 0. The molecule has 3 rings (SSSR count). The smallest absolute Gasteiger partial charge is 0.341 e. The number of piperidine rings is 1. The van der Waals surface area contributed by atoms with Crippen molar-refractivity contribution >= 4 is 23.3 Å². The lowest BCUT2D eigenvalue weighted by molar-refractivity contribution is 0.0526. The van der Waals surface area contributed by atoms with E-state index in [4.69, 9.17) is 16.3 Å². The number of esters is 1. The summed E-state index contributed by atoms with van der Waals surface area (Å²) in [5, 5.41) is 0.416. The van der Waals surface area contributed by atoms with Crippen LogP contribution in [0.3, 0.4) is 0 Å². The van der Waals surface area contributed by atoms with E-state index in [0.29, 0.717) is 22.7 Å². The highest BCUT2D eigenvalue weighted by Gasteiger charge is 2.44. The number of carbonyl (C=O) groups is 1. The normalized spacial score (nSPS) is 20.0. The van der Waals surface area contributed by atoms with Crippen LogP contribution in [0.25, 0.3) is 0 Å². The molecule has 0 atom stereocenters. The number of pyridine rings is 1. The lowest BCUT2D eigenvalue weighted by Crippen LogP contribution is -2.35. The Morgan fingerprint density at radius 1 is 1.40 bits per heavy atom. The van der Waals surface area contributed by atoms with Crippen LogP contribution in [-0.2, 0) is 4.74 Å². The summed E-state index contributed by atoms with van der Waals surface area (Å²) < 4.78 is 5.10. The van der Waals surface area contributed by atoms with E-state index < -0.39 is 0 Å². The van der Waals surface area contributed by atoms with E-state index in [-0.39, 0.29) is 5.97 Å². The van der Waals surface area contributed by atoms with Gasteiger partial charge in [-0.1, -0.05) is 11.6 Å². The average Bonchev–Trinajstić information content (AvgIpc) is 3.19. The number of aromatic nitrogens is 1. The van der Waals surface area contributed by atoms with Gasteiger partial charge < -0.3 is 9.64 Å². The summed E-state index contributed by atoms with van der Waals surface area (Å²) >= 11 is 6.00. The first-order chi connectivity index (χ1) is 9.63. The Morgan fingerprint density at radius 3 is 2.70 bits per heavy atom. The topological polar surface area (TPSA) is 42.4 Å². The van der Waals surface area contributed by atoms with Crippen molar-refractivity contribution in [2.75, 3.05) is 24.6 Å². The molecule has 0 aromatic carbocycles. The van der Waals surface area contributed by atoms with Crippen molar-refractivity contribution in [1.82, 2.24) is 4.98 Å². The van der Waals surface area contributed by atoms with Gasteiger partial charge in [0, 0.05) is 19.3 Å². The van der Waals surface area contributed by atoms with Crippen molar-refractivity contribution in [3.63, 3.8) is 0 Å². The highest BCUT2D eigenvalue weighted by atomic mass is 35.5. The summed E-state index contributed by atoms with van der Waals surface area (Å²) in [5.41, 5.74) is 1.99. The Balaban J connectivity index is 1.83. The molecule has 1 aromatic heterocycles. The minimum absolute atomic E-state index is 0.321. The van der Waals surface area contributed by atoms with E-state index in [1.165, 1.54) is 31.9 Å². The molecule has 1 saturated heterocycles. The molecule has 108 valence electrons. The summed E-state index contributed by atoms with van der Waals surface area (Å²) in [6.07, 6.45) is 6.66. The average molecular weight is 295 g/mol. The third-order valence-electron chi connectivity index (χ3n) is 4.47. The SMILES string of the molecule is CCOC(=O)c1cnc(Cl)cc1N1CCC2(CC1)CC2. The van der Waals surface area contributed by atoms with Gasteiger partial charge in [-0.05, 0) is 44.1 Å². The lowest BCUT2D eigenvalue weighted by atomic mass is 9.93. The van der Waals surface area contributed by atoms with Crippen molar-refractivity contribution in [1.29, 1.82) is 0 Å². The third kappa shape index (κ3) is 2.62. The fourth-order valence-electron chi connectivity index (χ4n) is 2.95. The first-order valence-corrected chi connectivity index (χ1v) is 7.59. The van der Waals surface area contributed by atoms with E-state index in [1.54, 1.807) is 13.0 Å². The van der Waals surface area contributed by atoms with E-state index in [9.17, 15) is 4.79 Å². The third-order valence-corrected chi connectivity index (χ3v) is 4.67. The predicted octanol–water partition coefficient (Wildman–Crippen LogP) is 3.29. The van der Waals surface area contributed by atoms with Crippen molar-refractivity contribution in [3.05, 3.63) is 23.0 Å².